The molecule has 0 bridgehead atoms. The molecule has 0 saturated carbocycles. The van der Waals surface area contributed by atoms with Crippen molar-refractivity contribution in [2.75, 3.05) is 19.6 Å². The van der Waals surface area contributed by atoms with E-state index >= 15 is 0 Å². The second-order valence-corrected chi connectivity index (χ2v) is 16.6. The van der Waals surface area contributed by atoms with Gasteiger partial charge < -0.3 is 71.2 Å². The molecule has 386 valence electrons. The van der Waals surface area contributed by atoms with Crippen LogP contribution in [0.15, 0.2) is 58.5 Å². The molecule has 26 heteroatoms. The molecule has 70 heavy (non-hydrogen) atoms. The average Bonchev–Trinajstić information content (AvgIpc) is 3.29. The number of nitrogens with one attached hydrogen (secondary N) is 5. The number of nitro groups is 1. The van der Waals surface area contributed by atoms with Gasteiger partial charge in [0.25, 0.3) is 0 Å². The number of amides is 7. The van der Waals surface area contributed by atoms with Gasteiger partial charge in [-0.05, 0) is 97.8 Å². The first-order valence-corrected chi connectivity index (χ1v) is 22.7. The number of hydrogen-bond donors (Lipinski definition) is 13. The predicted molar refractivity (Wildman–Crippen MR) is 258 cm³/mol. The highest BCUT2D eigenvalue weighted by Crippen LogP contribution is 2.19. The summed E-state index contributed by atoms with van der Waals surface area (Å²) in [6, 6.07) is 1.75. The number of phenolic OH excluding ortho intramolecular Hbond substituents is 2. The van der Waals surface area contributed by atoms with Crippen LogP contribution in [0, 0.1) is 16.0 Å². The summed E-state index contributed by atoms with van der Waals surface area (Å²) in [5.41, 5.74) is 33.7. The smallest absolute Gasteiger partial charge is 0.306 e. The highest BCUT2D eigenvalue weighted by Gasteiger charge is 2.44. The third-order valence-corrected chi connectivity index (χ3v) is 11.0. The van der Waals surface area contributed by atoms with Crippen LogP contribution in [0.4, 0.5) is 0 Å². The molecule has 7 amide bonds. The van der Waals surface area contributed by atoms with E-state index in [4.69, 9.17) is 34.4 Å². The zero-order valence-electron chi connectivity index (χ0n) is 39.7. The van der Waals surface area contributed by atoms with Crippen LogP contribution >= 0.6 is 0 Å². The largest absolute Gasteiger partial charge is 0.508 e. The van der Waals surface area contributed by atoms with Gasteiger partial charge in [-0.3, -0.25) is 43.5 Å². The molecule has 0 unspecified atom stereocenters. The number of phenols is 2. The first-order chi connectivity index (χ1) is 33.1. The summed E-state index contributed by atoms with van der Waals surface area (Å²) in [6.45, 7) is 4.78. The van der Waals surface area contributed by atoms with Crippen molar-refractivity contribution in [2.24, 2.45) is 50.3 Å². The van der Waals surface area contributed by atoms with Gasteiger partial charge in [0.15, 0.2) is 23.0 Å². The number of aromatic hydroxyl groups is 2. The molecule has 0 aliphatic rings. The van der Waals surface area contributed by atoms with E-state index < -0.39 is 101 Å². The van der Waals surface area contributed by atoms with Crippen molar-refractivity contribution in [1.82, 2.24) is 31.6 Å². The van der Waals surface area contributed by atoms with Crippen molar-refractivity contribution in [1.29, 1.82) is 0 Å². The lowest BCUT2D eigenvalue weighted by molar-refractivity contribution is -0.640. The maximum Gasteiger partial charge on any atom is 0.306 e. The molecule has 0 aromatic heterocycles. The Labute approximate surface area is 405 Å². The highest BCUT2D eigenvalue weighted by atomic mass is 16.7. The van der Waals surface area contributed by atoms with Crippen LogP contribution in [0.3, 0.4) is 0 Å². The van der Waals surface area contributed by atoms with Gasteiger partial charge in [-0.25, -0.2) is 10.1 Å². The van der Waals surface area contributed by atoms with Crippen LogP contribution in [0.25, 0.3) is 0 Å². The van der Waals surface area contributed by atoms with E-state index in [0.29, 0.717) is 31.4 Å². The van der Waals surface area contributed by atoms with Gasteiger partial charge >= 0.3 is 5.91 Å². The fourth-order valence-corrected chi connectivity index (χ4v) is 7.06. The number of nitrogens with two attached hydrogens (primary N) is 6. The molecule has 2 rings (SSSR count). The van der Waals surface area contributed by atoms with E-state index in [1.807, 2.05) is 0 Å². The Morgan fingerprint density at radius 2 is 1.11 bits per heavy atom. The molecule has 2 aromatic rings. The lowest BCUT2D eigenvalue weighted by Gasteiger charge is -2.30. The lowest BCUT2D eigenvalue weighted by Crippen LogP contribution is -2.62. The Morgan fingerprint density at radius 1 is 0.643 bits per heavy atom. The van der Waals surface area contributed by atoms with Crippen molar-refractivity contribution in [3.05, 3.63) is 69.8 Å². The quantitative estimate of drug-likeness (QED) is 0.0122. The average molecular weight is 984 g/mol. The predicted octanol–water partition coefficient (Wildman–Crippen LogP) is -2.52. The van der Waals surface area contributed by atoms with E-state index in [0.717, 1.165) is 0 Å². The van der Waals surface area contributed by atoms with Crippen molar-refractivity contribution >= 4 is 53.3 Å². The standard InChI is InChI=1S/C44H69N15O11/c1-4-25(2)36(41(67)54-31(37(46)63)9-5-6-20-45)57-40(66)35(11-8-22-52-44(49)50)58(59(69)70)42(68)34(24-28-14-18-30(62)19-15-28)56-39(65)33(23-27-12-16-29(61)17-13-27)55-38(64)32(53-26(3)60)10-7-21-51-43(47)48/h12-19,25,31-36,61-62H,4-11,20-24,45H2,1-3H3,(H2,46,63)(H,53,60)(H,54,67)(H,55,64)(H,56,65)(H,57,66)(H4,47,48,51)(H4,49,50,52)/t25-,31-,32-,33-,34-,35-,36-/m0/s1. The summed E-state index contributed by atoms with van der Waals surface area (Å²) in [5, 5.41) is 44.7. The number of primary amides is 1. The van der Waals surface area contributed by atoms with E-state index in [2.05, 4.69) is 36.6 Å². The molecule has 0 saturated heterocycles. The summed E-state index contributed by atoms with van der Waals surface area (Å²) >= 11 is 0. The van der Waals surface area contributed by atoms with E-state index in [-0.39, 0.29) is 79.2 Å². The summed E-state index contributed by atoms with van der Waals surface area (Å²) in [4.78, 5) is 117. The zero-order valence-corrected chi connectivity index (χ0v) is 39.7. The van der Waals surface area contributed by atoms with E-state index in [9.17, 15) is 53.9 Å². The first kappa shape index (κ1) is 58.4. The minimum absolute atomic E-state index is 0.0161. The van der Waals surface area contributed by atoms with Crippen LogP contribution < -0.4 is 61.0 Å². The van der Waals surface area contributed by atoms with Crippen molar-refractivity contribution in [2.45, 2.75) is 121 Å². The van der Waals surface area contributed by atoms with Gasteiger partial charge in [0.05, 0.1) is 0 Å². The Kier molecular flexibility index (Phi) is 24.9. The number of carbonyl (C=O) groups excluding carboxylic acids is 7. The minimum atomic E-state index is -1.99. The zero-order chi connectivity index (χ0) is 52.5. The number of guanidine groups is 2. The van der Waals surface area contributed by atoms with E-state index in [1.54, 1.807) is 13.8 Å². The monoisotopic (exact) mass is 984 g/mol. The normalized spacial score (nSPS) is 13.8. The van der Waals surface area contributed by atoms with Gasteiger partial charge in [-0.15, -0.1) is 0 Å². The molecule has 0 fully saturated rings. The molecular weight excluding hydrogens is 915 g/mol. The number of hydrogen-bond acceptors (Lipinski definition) is 14. The summed E-state index contributed by atoms with van der Waals surface area (Å²) in [7, 11) is 0. The Bertz CT molecular complexity index is 2130. The summed E-state index contributed by atoms with van der Waals surface area (Å²) < 4.78 is 0. The molecule has 0 aliphatic heterocycles. The van der Waals surface area contributed by atoms with Gasteiger partial charge in [0.2, 0.25) is 35.4 Å². The van der Waals surface area contributed by atoms with Gasteiger partial charge in [-0.1, -0.05) is 44.5 Å². The maximum absolute atomic E-state index is 14.8. The molecule has 2 aromatic carbocycles. The van der Waals surface area contributed by atoms with Gasteiger partial charge in [0.1, 0.15) is 41.7 Å². The highest BCUT2D eigenvalue weighted by molar-refractivity contribution is 5.97. The van der Waals surface area contributed by atoms with Crippen molar-refractivity contribution in [3.63, 3.8) is 0 Å². The number of aliphatic imine (C=N–C) groups is 2. The van der Waals surface area contributed by atoms with Crippen LogP contribution in [0.1, 0.15) is 83.3 Å². The van der Waals surface area contributed by atoms with E-state index in [1.165, 1.54) is 55.5 Å². The fraction of sp³-hybridized carbons (Fsp3) is 0.523. The second-order valence-electron chi connectivity index (χ2n) is 16.6. The van der Waals surface area contributed by atoms with Crippen LogP contribution in [0.2, 0.25) is 0 Å². The molecular formula is C44H69N15O11. The number of rotatable bonds is 31. The molecule has 0 heterocycles. The van der Waals surface area contributed by atoms with Crippen LogP contribution in [0.5, 0.6) is 11.5 Å². The summed E-state index contributed by atoms with van der Waals surface area (Å²) in [5.74, 6) is -8.14. The molecule has 0 radical (unpaired) electrons. The Balaban J connectivity index is 2.72. The molecule has 19 N–H and O–H groups in total. The van der Waals surface area contributed by atoms with Crippen LogP contribution in [-0.2, 0) is 46.4 Å². The van der Waals surface area contributed by atoms with Gasteiger partial charge in [0, 0.05) is 32.9 Å². The first-order valence-electron chi connectivity index (χ1n) is 22.7. The van der Waals surface area contributed by atoms with Gasteiger partial charge in [-0.2, -0.15) is 0 Å². The Morgan fingerprint density at radius 3 is 1.59 bits per heavy atom. The minimum Gasteiger partial charge on any atom is -0.508 e. The number of hydrazine groups is 1. The number of carbonyl (C=O) groups is 7. The van der Waals surface area contributed by atoms with Crippen molar-refractivity contribution < 1.29 is 48.8 Å². The molecule has 26 nitrogen and oxygen atoms in total. The van der Waals surface area contributed by atoms with Crippen LogP contribution in [-0.4, -0.2) is 129 Å². The number of nitrogens with zero attached hydrogens (tertiary/aromatic N) is 4. The topological polar surface area (TPSA) is 447 Å². The Hall–Kier alpha value is -7.77. The molecule has 7 atom stereocenters. The lowest BCUT2D eigenvalue weighted by atomic mass is 9.96. The third-order valence-electron chi connectivity index (χ3n) is 11.0. The molecule has 0 spiro atoms. The SMILES string of the molecule is CC[C@H](C)[C@H](NC(=O)[C@H](CCCN=C(N)N)N(C(=O)[C@H](Cc1ccc(O)cc1)NC(=O)[C@H](Cc1ccc(O)cc1)NC(=O)[C@H](CCCN=C(N)N)NC(C)=O)[N+](=O)[O-])C(=O)N[C@@H](CCCCN)C(N)=O. The molecule has 0 aliphatic carbocycles. The second kappa shape index (κ2) is 29.9. The summed E-state index contributed by atoms with van der Waals surface area (Å²) in [6.07, 6.45) is 0.334. The number of unbranched alkanes of at least 4 members (excludes halogenated alkanes) is 1. The maximum atomic E-state index is 14.8. The number of benzene rings is 2. The third kappa shape index (κ3) is 20.6. The van der Waals surface area contributed by atoms with Crippen molar-refractivity contribution in [3.8, 4) is 11.5 Å². The fourth-order valence-electron chi connectivity index (χ4n) is 7.06.